The molecule has 1 atom stereocenters. The number of amides is 1. The van der Waals surface area contributed by atoms with E-state index in [9.17, 15) is 4.79 Å². The lowest BCUT2D eigenvalue weighted by Gasteiger charge is -2.37. The van der Waals surface area contributed by atoms with Crippen LogP contribution in [0.5, 0.6) is 0 Å². The SMILES string of the molecule is Cc1ccc(NC(=O)C(C)N2CCN(Cc3cc(C)no3)CC2)c(Br)c1. The zero-order valence-electron chi connectivity index (χ0n) is 15.5. The maximum Gasteiger partial charge on any atom is 0.241 e. The Labute approximate surface area is 162 Å². The smallest absolute Gasteiger partial charge is 0.241 e. The Bertz CT molecular complexity index is 769. The molecular formula is C19H25BrN4O2. The molecular weight excluding hydrogens is 396 g/mol. The van der Waals surface area contributed by atoms with Crippen molar-refractivity contribution in [3.8, 4) is 0 Å². The van der Waals surface area contributed by atoms with Gasteiger partial charge in [0.05, 0.1) is 24.0 Å². The number of carbonyl (C=O) groups is 1. The van der Waals surface area contributed by atoms with Crippen LogP contribution < -0.4 is 5.32 Å². The van der Waals surface area contributed by atoms with Crippen molar-refractivity contribution < 1.29 is 9.32 Å². The van der Waals surface area contributed by atoms with Crippen molar-refractivity contribution in [3.63, 3.8) is 0 Å². The summed E-state index contributed by atoms with van der Waals surface area (Å²) >= 11 is 3.51. The Morgan fingerprint density at radius 2 is 2.00 bits per heavy atom. The Kier molecular flexibility index (Phi) is 6.11. The summed E-state index contributed by atoms with van der Waals surface area (Å²) in [5.41, 5.74) is 2.87. The van der Waals surface area contributed by atoms with Crippen LogP contribution >= 0.6 is 15.9 Å². The largest absolute Gasteiger partial charge is 0.360 e. The topological polar surface area (TPSA) is 61.6 Å². The molecule has 26 heavy (non-hydrogen) atoms. The van der Waals surface area contributed by atoms with E-state index in [0.717, 1.165) is 59.9 Å². The maximum atomic E-state index is 12.6. The molecule has 0 spiro atoms. The molecule has 1 unspecified atom stereocenters. The van der Waals surface area contributed by atoms with Crippen LogP contribution in [0.4, 0.5) is 5.69 Å². The number of aryl methyl sites for hydroxylation is 2. The van der Waals surface area contributed by atoms with Gasteiger partial charge in [-0.25, -0.2) is 0 Å². The third-order valence-corrected chi connectivity index (χ3v) is 5.43. The van der Waals surface area contributed by atoms with Gasteiger partial charge in [0, 0.05) is 36.7 Å². The van der Waals surface area contributed by atoms with Crippen LogP contribution in [-0.4, -0.2) is 53.1 Å². The molecule has 1 amide bonds. The Balaban J connectivity index is 1.51. The molecule has 2 heterocycles. The molecule has 1 aliphatic heterocycles. The molecule has 1 aromatic heterocycles. The molecule has 3 rings (SSSR count). The molecule has 1 fully saturated rings. The van der Waals surface area contributed by atoms with Gasteiger partial charge >= 0.3 is 0 Å². The zero-order valence-corrected chi connectivity index (χ0v) is 17.0. The van der Waals surface area contributed by atoms with Gasteiger partial charge in [0.25, 0.3) is 0 Å². The molecule has 2 aromatic rings. The van der Waals surface area contributed by atoms with Crippen molar-refractivity contribution in [2.45, 2.75) is 33.4 Å². The number of piperazine rings is 1. The van der Waals surface area contributed by atoms with Crippen LogP contribution in [-0.2, 0) is 11.3 Å². The Morgan fingerprint density at radius 1 is 1.27 bits per heavy atom. The predicted molar refractivity (Wildman–Crippen MR) is 105 cm³/mol. The van der Waals surface area contributed by atoms with Crippen molar-refractivity contribution in [2.75, 3.05) is 31.5 Å². The van der Waals surface area contributed by atoms with Gasteiger partial charge in [0.2, 0.25) is 5.91 Å². The van der Waals surface area contributed by atoms with E-state index >= 15 is 0 Å². The quantitative estimate of drug-likeness (QED) is 0.804. The van der Waals surface area contributed by atoms with E-state index in [0.29, 0.717) is 0 Å². The molecule has 1 saturated heterocycles. The molecule has 1 aromatic carbocycles. The number of hydrogen-bond donors (Lipinski definition) is 1. The summed E-state index contributed by atoms with van der Waals surface area (Å²) in [5, 5.41) is 6.96. The number of rotatable bonds is 5. The van der Waals surface area contributed by atoms with E-state index in [1.165, 1.54) is 0 Å². The van der Waals surface area contributed by atoms with E-state index in [4.69, 9.17) is 4.52 Å². The second kappa shape index (κ2) is 8.33. The first-order valence-corrected chi connectivity index (χ1v) is 9.67. The highest BCUT2D eigenvalue weighted by molar-refractivity contribution is 9.10. The number of benzene rings is 1. The third-order valence-electron chi connectivity index (χ3n) is 4.77. The van der Waals surface area contributed by atoms with Crippen LogP contribution in [0.25, 0.3) is 0 Å². The summed E-state index contributed by atoms with van der Waals surface area (Å²) in [6, 6.07) is 7.74. The second-order valence-corrected chi connectivity index (χ2v) is 7.75. The van der Waals surface area contributed by atoms with Crippen molar-refractivity contribution in [1.29, 1.82) is 0 Å². The van der Waals surface area contributed by atoms with Crippen LogP contribution in [0.1, 0.15) is 23.9 Å². The minimum Gasteiger partial charge on any atom is -0.360 e. The Hall–Kier alpha value is -1.70. The predicted octanol–water partition coefficient (Wildman–Crippen LogP) is 3.20. The lowest BCUT2D eigenvalue weighted by molar-refractivity contribution is -0.121. The lowest BCUT2D eigenvalue weighted by Crippen LogP contribution is -2.52. The van der Waals surface area contributed by atoms with E-state index in [2.05, 4.69) is 36.2 Å². The number of nitrogens with zero attached hydrogens (tertiary/aromatic N) is 3. The standard InChI is InChI=1S/C19H25BrN4O2/c1-13-4-5-18(17(20)10-13)21-19(25)15(3)24-8-6-23(7-9-24)12-16-11-14(2)22-26-16/h4-5,10-11,15H,6-9,12H2,1-3H3,(H,21,25). The minimum absolute atomic E-state index is 0.0221. The van der Waals surface area contributed by atoms with Gasteiger partial charge in [0.1, 0.15) is 0 Å². The third kappa shape index (κ3) is 4.72. The van der Waals surface area contributed by atoms with Crippen molar-refractivity contribution >= 4 is 27.5 Å². The van der Waals surface area contributed by atoms with Crippen LogP contribution in [0, 0.1) is 13.8 Å². The molecule has 6 nitrogen and oxygen atoms in total. The fourth-order valence-corrected chi connectivity index (χ4v) is 3.74. The van der Waals surface area contributed by atoms with Gasteiger partial charge in [-0.15, -0.1) is 0 Å². The van der Waals surface area contributed by atoms with Crippen molar-refractivity contribution in [1.82, 2.24) is 15.0 Å². The van der Waals surface area contributed by atoms with Crippen LogP contribution in [0.2, 0.25) is 0 Å². The normalized spacial score (nSPS) is 17.2. The summed E-state index contributed by atoms with van der Waals surface area (Å²) in [4.78, 5) is 17.2. The summed E-state index contributed by atoms with van der Waals surface area (Å²) < 4.78 is 6.20. The van der Waals surface area contributed by atoms with Gasteiger partial charge < -0.3 is 9.84 Å². The molecule has 1 N–H and O–H groups in total. The lowest BCUT2D eigenvalue weighted by atomic mass is 10.2. The first kappa shape index (κ1) is 19.1. The number of nitrogens with one attached hydrogen (secondary N) is 1. The Morgan fingerprint density at radius 3 is 2.62 bits per heavy atom. The molecule has 0 aliphatic carbocycles. The van der Waals surface area contributed by atoms with Gasteiger partial charge in [-0.1, -0.05) is 11.2 Å². The molecule has 7 heteroatoms. The average molecular weight is 421 g/mol. The fraction of sp³-hybridized carbons (Fsp3) is 0.474. The maximum absolute atomic E-state index is 12.6. The second-order valence-electron chi connectivity index (χ2n) is 6.90. The number of anilines is 1. The van der Waals surface area contributed by atoms with Gasteiger partial charge in [-0.05, 0) is 54.4 Å². The van der Waals surface area contributed by atoms with Crippen LogP contribution in [0.3, 0.4) is 0 Å². The molecule has 0 bridgehead atoms. The van der Waals surface area contributed by atoms with E-state index in [1.807, 2.05) is 45.0 Å². The average Bonchev–Trinajstić information content (AvgIpc) is 3.02. The number of aromatic nitrogens is 1. The van der Waals surface area contributed by atoms with Gasteiger partial charge in [-0.2, -0.15) is 0 Å². The molecule has 0 saturated carbocycles. The molecule has 1 aliphatic rings. The zero-order chi connectivity index (χ0) is 18.7. The van der Waals surface area contributed by atoms with Gasteiger partial charge in [0.15, 0.2) is 5.76 Å². The highest BCUT2D eigenvalue weighted by Gasteiger charge is 2.26. The number of hydrogen-bond acceptors (Lipinski definition) is 5. The van der Waals surface area contributed by atoms with E-state index in [1.54, 1.807) is 0 Å². The number of carbonyl (C=O) groups excluding carboxylic acids is 1. The van der Waals surface area contributed by atoms with Crippen molar-refractivity contribution in [2.24, 2.45) is 0 Å². The molecule has 0 radical (unpaired) electrons. The highest BCUT2D eigenvalue weighted by atomic mass is 79.9. The van der Waals surface area contributed by atoms with Crippen molar-refractivity contribution in [3.05, 3.63) is 45.8 Å². The molecule has 140 valence electrons. The first-order valence-electron chi connectivity index (χ1n) is 8.88. The highest BCUT2D eigenvalue weighted by Crippen LogP contribution is 2.24. The summed E-state index contributed by atoms with van der Waals surface area (Å²) in [7, 11) is 0. The van der Waals surface area contributed by atoms with Gasteiger partial charge in [-0.3, -0.25) is 14.6 Å². The van der Waals surface area contributed by atoms with E-state index < -0.39 is 0 Å². The summed E-state index contributed by atoms with van der Waals surface area (Å²) in [6.07, 6.45) is 0. The monoisotopic (exact) mass is 420 g/mol. The fourth-order valence-electron chi connectivity index (χ4n) is 3.14. The van der Waals surface area contributed by atoms with E-state index in [-0.39, 0.29) is 11.9 Å². The van der Waals surface area contributed by atoms with Crippen LogP contribution in [0.15, 0.2) is 33.3 Å². The first-order chi connectivity index (χ1) is 12.4. The summed E-state index contributed by atoms with van der Waals surface area (Å²) in [6.45, 7) is 10.2. The minimum atomic E-state index is -0.169. The summed E-state index contributed by atoms with van der Waals surface area (Å²) in [5.74, 6) is 0.917. The number of halogens is 1.